The Balaban J connectivity index is 2.03. The summed E-state index contributed by atoms with van der Waals surface area (Å²) >= 11 is 0. The highest BCUT2D eigenvalue weighted by Crippen LogP contribution is 2.38. The van der Waals surface area contributed by atoms with E-state index >= 15 is 4.39 Å². The topological polar surface area (TPSA) is 79.7 Å². The Morgan fingerprint density at radius 3 is 2.19 bits per heavy atom. The molecule has 1 heterocycles. The third-order valence-electron chi connectivity index (χ3n) is 5.23. The average molecular weight is 565 g/mol. The van der Waals surface area contributed by atoms with Gasteiger partial charge in [0.1, 0.15) is 12.5 Å². The summed E-state index contributed by atoms with van der Waals surface area (Å²) in [6, 6.07) is 9.05. The van der Waals surface area contributed by atoms with Crippen LogP contribution in [0.25, 0.3) is 22.4 Å². The number of benzene rings is 2. The molecule has 0 atom stereocenters. The molecule has 3 rings (SSSR count). The van der Waals surface area contributed by atoms with E-state index in [0.29, 0.717) is 29.7 Å². The van der Waals surface area contributed by atoms with Crippen molar-refractivity contribution in [3.05, 3.63) is 54.2 Å². The van der Waals surface area contributed by atoms with E-state index in [1.807, 2.05) is 0 Å². The Morgan fingerprint density at radius 1 is 0.973 bits per heavy atom. The zero-order chi connectivity index (χ0) is 27.6. The summed E-state index contributed by atoms with van der Waals surface area (Å²) < 4.78 is 106. The zero-order valence-electron chi connectivity index (χ0n) is 20.4. The van der Waals surface area contributed by atoms with Crippen LogP contribution in [0.1, 0.15) is 0 Å². The SMILES string of the molecule is COc1ccc(-c2c(-c3ccc(OS(=O)(=O)C(F)(F)F)c(F)c3F)cnn2COCC[Si](C)(C)C)cc1. The maximum absolute atomic E-state index is 15.1. The number of hydrogen-bond acceptors (Lipinski definition) is 6. The van der Waals surface area contributed by atoms with Gasteiger partial charge in [-0.1, -0.05) is 19.6 Å². The van der Waals surface area contributed by atoms with E-state index in [0.717, 1.165) is 12.1 Å². The molecule has 7 nitrogen and oxygen atoms in total. The van der Waals surface area contributed by atoms with Crippen LogP contribution in [0.5, 0.6) is 11.5 Å². The first-order valence-corrected chi connectivity index (χ1v) is 16.0. The smallest absolute Gasteiger partial charge is 0.497 e. The number of methoxy groups -OCH3 is 1. The third kappa shape index (κ3) is 6.67. The molecule has 0 aliphatic carbocycles. The Labute approximate surface area is 211 Å². The minimum Gasteiger partial charge on any atom is -0.497 e. The third-order valence-corrected chi connectivity index (χ3v) is 7.90. The lowest BCUT2D eigenvalue weighted by Crippen LogP contribution is -2.28. The van der Waals surface area contributed by atoms with Crippen molar-refractivity contribution in [2.24, 2.45) is 0 Å². The molecule has 0 amide bonds. The maximum Gasteiger partial charge on any atom is 0.534 e. The number of ether oxygens (including phenoxy) is 2. The van der Waals surface area contributed by atoms with E-state index in [1.165, 1.54) is 18.0 Å². The highest BCUT2D eigenvalue weighted by Gasteiger charge is 2.49. The molecule has 0 aliphatic heterocycles. The van der Waals surface area contributed by atoms with Crippen molar-refractivity contribution in [2.45, 2.75) is 37.9 Å². The predicted molar refractivity (Wildman–Crippen MR) is 129 cm³/mol. The van der Waals surface area contributed by atoms with Gasteiger partial charge >= 0.3 is 15.6 Å². The molecule has 2 aromatic carbocycles. The minimum absolute atomic E-state index is 0.000957. The summed E-state index contributed by atoms with van der Waals surface area (Å²) in [7, 11) is -6.07. The van der Waals surface area contributed by atoms with Crippen LogP contribution in [0.2, 0.25) is 25.7 Å². The molecule has 0 N–H and O–H groups in total. The van der Waals surface area contributed by atoms with Gasteiger partial charge in [-0.25, -0.2) is 9.07 Å². The molecule has 202 valence electrons. The van der Waals surface area contributed by atoms with Gasteiger partial charge in [-0.15, -0.1) is 0 Å². The lowest BCUT2D eigenvalue weighted by molar-refractivity contribution is -0.0501. The molecule has 0 saturated carbocycles. The van der Waals surface area contributed by atoms with Crippen LogP contribution in [-0.2, 0) is 21.6 Å². The molecule has 0 bridgehead atoms. The molecule has 1 aromatic heterocycles. The van der Waals surface area contributed by atoms with Gasteiger partial charge in [-0.3, -0.25) is 0 Å². The number of aromatic nitrogens is 2. The normalized spacial score (nSPS) is 12.6. The van der Waals surface area contributed by atoms with Gasteiger partial charge < -0.3 is 13.7 Å². The fraction of sp³-hybridized carbons (Fsp3) is 0.348. The van der Waals surface area contributed by atoms with Crippen LogP contribution in [0.15, 0.2) is 42.6 Å². The van der Waals surface area contributed by atoms with Crippen molar-refractivity contribution in [1.82, 2.24) is 9.78 Å². The molecule has 3 aromatic rings. The monoisotopic (exact) mass is 564 g/mol. The highest BCUT2D eigenvalue weighted by atomic mass is 32.2. The van der Waals surface area contributed by atoms with Crippen LogP contribution in [0.4, 0.5) is 22.0 Å². The molecular formula is C23H25F5N2O5SSi. The number of halogens is 5. The van der Waals surface area contributed by atoms with Crippen LogP contribution in [0, 0.1) is 11.6 Å². The summed E-state index contributed by atoms with van der Waals surface area (Å²) in [5.74, 6) is -4.38. The summed E-state index contributed by atoms with van der Waals surface area (Å²) in [6.45, 7) is 7.04. The van der Waals surface area contributed by atoms with E-state index in [-0.39, 0.29) is 17.9 Å². The molecule has 14 heteroatoms. The molecule has 0 aliphatic rings. The highest BCUT2D eigenvalue weighted by molar-refractivity contribution is 7.88. The number of nitrogens with zero attached hydrogens (tertiary/aromatic N) is 2. The van der Waals surface area contributed by atoms with Crippen molar-refractivity contribution in [3.63, 3.8) is 0 Å². The average Bonchev–Trinajstić information content (AvgIpc) is 3.22. The summed E-state index contributed by atoms with van der Waals surface area (Å²) in [5, 5.41) is 4.24. The lowest BCUT2D eigenvalue weighted by Gasteiger charge is -2.16. The second kappa shape index (κ2) is 10.8. The van der Waals surface area contributed by atoms with E-state index in [1.54, 1.807) is 24.3 Å². The Bertz CT molecular complexity index is 1350. The predicted octanol–water partition coefficient (Wildman–Crippen LogP) is 6.04. The van der Waals surface area contributed by atoms with Crippen molar-refractivity contribution in [3.8, 4) is 33.9 Å². The van der Waals surface area contributed by atoms with Crippen LogP contribution in [0.3, 0.4) is 0 Å². The summed E-state index contributed by atoms with van der Waals surface area (Å²) in [6.07, 6.45) is 1.26. The quantitative estimate of drug-likeness (QED) is 0.0982. The van der Waals surface area contributed by atoms with Gasteiger partial charge in [0.15, 0.2) is 11.6 Å². The second-order valence-corrected chi connectivity index (χ2v) is 16.4. The van der Waals surface area contributed by atoms with Crippen LogP contribution >= 0.6 is 0 Å². The fourth-order valence-electron chi connectivity index (χ4n) is 3.23. The first kappa shape index (κ1) is 28.6. The molecule has 0 radical (unpaired) electrons. The zero-order valence-corrected chi connectivity index (χ0v) is 22.2. The van der Waals surface area contributed by atoms with Crippen molar-refractivity contribution < 1.29 is 44.0 Å². The number of hydrogen-bond donors (Lipinski definition) is 0. The van der Waals surface area contributed by atoms with Crippen LogP contribution < -0.4 is 8.92 Å². The van der Waals surface area contributed by atoms with E-state index < -0.39 is 41.1 Å². The largest absolute Gasteiger partial charge is 0.534 e. The molecule has 0 unspecified atom stereocenters. The molecule has 37 heavy (non-hydrogen) atoms. The van der Waals surface area contributed by atoms with Crippen LogP contribution in [-0.4, -0.2) is 45.5 Å². The van der Waals surface area contributed by atoms with Gasteiger partial charge in [-0.05, 0) is 42.4 Å². The first-order valence-electron chi connectivity index (χ1n) is 10.9. The molecular weight excluding hydrogens is 539 g/mol. The minimum atomic E-state index is -6.19. The van der Waals surface area contributed by atoms with Crippen molar-refractivity contribution >= 4 is 18.2 Å². The van der Waals surface area contributed by atoms with Gasteiger partial charge in [0.2, 0.25) is 5.82 Å². The van der Waals surface area contributed by atoms with Gasteiger partial charge in [0.25, 0.3) is 0 Å². The fourth-order valence-corrected chi connectivity index (χ4v) is 4.45. The van der Waals surface area contributed by atoms with Crippen molar-refractivity contribution in [2.75, 3.05) is 13.7 Å². The molecule has 0 saturated heterocycles. The second-order valence-electron chi connectivity index (χ2n) is 9.21. The van der Waals surface area contributed by atoms with E-state index in [9.17, 15) is 26.0 Å². The van der Waals surface area contributed by atoms with E-state index in [4.69, 9.17) is 9.47 Å². The maximum atomic E-state index is 15.1. The summed E-state index contributed by atoms with van der Waals surface area (Å²) in [5.41, 5.74) is -5.20. The van der Waals surface area contributed by atoms with Gasteiger partial charge in [-0.2, -0.15) is 31.1 Å². The Morgan fingerprint density at radius 2 is 1.62 bits per heavy atom. The Kier molecular flexibility index (Phi) is 8.34. The standard InChI is InChI=1S/C23H25F5N2O5SSi/c1-33-16-7-5-15(6-8-16)22-18(13-29-30(22)14-34-11-12-37(2,3)4)17-9-10-19(21(25)20(17)24)35-36(31,32)23(26,27)28/h5-10,13H,11-12,14H2,1-4H3. The molecule has 0 fully saturated rings. The van der Waals surface area contributed by atoms with Crippen molar-refractivity contribution in [1.29, 1.82) is 0 Å². The Hall–Kier alpha value is -2.97. The lowest BCUT2D eigenvalue weighted by atomic mass is 10.0. The first-order chi connectivity index (χ1) is 17.1. The van der Waals surface area contributed by atoms with E-state index in [2.05, 4.69) is 28.9 Å². The summed E-state index contributed by atoms with van der Waals surface area (Å²) in [4.78, 5) is 0. The van der Waals surface area contributed by atoms with Gasteiger partial charge in [0.05, 0.1) is 19.0 Å². The molecule has 0 spiro atoms. The van der Waals surface area contributed by atoms with Gasteiger partial charge in [0, 0.05) is 31.4 Å². The number of rotatable bonds is 10. The number of alkyl halides is 3.